The van der Waals surface area contributed by atoms with Crippen LogP contribution >= 0.6 is 15.9 Å². The van der Waals surface area contributed by atoms with Crippen LogP contribution in [0.25, 0.3) is 0 Å². The highest BCUT2D eigenvalue weighted by Gasteiger charge is 2.38. The highest BCUT2D eigenvalue weighted by Crippen LogP contribution is 2.27. The zero-order valence-corrected chi connectivity index (χ0v) is 18.7. The molecule has 2 amide bonds. The van der Waals surface area contributed by atoms with Gasteiger partial charge >= 0.3 is 6.09 Å². The van der Waals surface area contributed by atoms with Crippen molar-refractivity contribution in [1.29, 1.82) is 5.26 Å². The van der Waals surface area contributed by atoms with Gasteiger partial charge in [0.15, 0.2) is 0 Å². The van der Waals surface area contributed by atoms with E-state index in [2.05, 4.69) is 32.2 Å². The number of likely N-dealkylation sites (tertiary alicyclic amines) is 1. The van der Waals surface area contributed by atoms with E-state index >= 15 is 0 Å². The third-order valence-electron chi connectivity index (χ3n) is 5.14. The first-order chi connectivity index (χ1) is 13.7. The van der Waals surface area contributed by atoms with Gasteiger partial charge in [0.2, 0.25) is 5.91 Å². The lowest BCUT2D eigenvalue weighted by atomic mass is 10.1. The van der Waals surface area contributed by atoms with Crippen molar-refractivity contribution in [3.8, 4) is 6.07 Å². The molecule has 0 aliphatic carbocycles. The van der Waals surface area contributed by atoms with Gasteiger partial charge in [0.25, 0.3) is 0 Å². The molecule has 0 radical (unpaired) electrons. The lowest BCUT2D eigenvalue weighted by molar-refractivity contribution is -0.126. The van der Waals surface area contributed by atoms with Crippen molar-refractivity contribution in [3.05, 3.63) is 28.2 Å². The highest BCUT2D eigenvalue weighted by molar-refractivity contribution is 9.10. The number of rotatable bonds is 3. The lowest BCUT2D eigenvalue weighted by Gasteiger charge is -2.28. The van der Waals surface area contributed by atoms with E-state index in [0.29, 0.717) is 25.1 Å². The van der Waals surface area contributed by atoms with Gasteiger partial charge in [-0.2, -0.15) is 5.26 Å². The van der Waals surface area contributed by atoms with Crippen LogP contribution in [0, 0.1) is 11.3 Å². The molecular weight excluding hydrogens is 436 g/mol. The average Bonchev–Trinajstić information content (AvgIpc) is 3.29. The minimum Gasteiger partial charge on any atom is -0.444 e. The average molecular weight is 463 g/mol. The number of carbonyl (C=O) groups is 2. The van der Waals surface area contributed by atoms with Crippen molar-refractivity contribution in [2.24, 2.45) is 0 Å². The number of nitrogens with one attached hydrogen (secondary N) is 1. The molecule has 0 saturated carbocycles. The second kappa shape index (κ2) is 8.62. The van der Waals surface area contributed by atoms with Crippen molar-refractivity contribution in [2.45, 2.75) is 57.7 Å². The second-order valence-electron chi connectivity index (χ2n) is 8.55. The Hall–Kier alpha value is -2.27. The number of hydrogen-bond donors (Lipinski definition) is 1. The molecule has 7 nitrogen and oxygen atoms in total. The van der Waals surface area contributed by atoms with Crippen molar-refractivity contribution >= 4 is 33.6 Å². The molecule has 0 spiro atoms. The molecule has 1 aromatic carbocycles. The molecule has 8 heteroatoms. The van der Waals surface area contributed by atoms with Crippen LogP contribution in [0.3, 0.4) is 0 Å². The van der Waals surface area contributed by atoms with Crippen LogP contribution in [0.15, 0.2) is 22.7 Å². The summed E-state index contributed by atoms with van der Waals surface area (Å²) in [5, 5.41) is 12.5. The summed E-state index contributed by atoms with van der Waals surface area (Å²) in [6, 6.07) is 7.38. The van der Waals surface area contributed by atoms with Gasteiger partial charge in [0, 0.05) is 30.1 Å². The molecule has 1 aromatic rings. The van der Waals surface area contributed by atoms with E-state index < -0.39 is 17.7 Å². The first-order valence-corrected chi connectivity index (χ1v) is 10.7. The summed E-state index contributed by atoms with van der Waals surface area (Å²) in [5.41, 5.74) is 0.900. The fourth-order valence-electron chi connectivity index (χ4n) is 3.85. The van der Waals surface area contributed by atoms with Crippen LogP contribution in [0.2, 0.25) is 0 Å². The molecule has 2 unspecified atom stereocenters. The number of nitrogens with zero attached hydrogens (tertiary/aromatic N) is 3. The Kier molecular flexibility index (Phi) is 6.37. The fourth-order valence-corrected chi connectivity index (χ4v) is 4.21. The molecule has 2 saturated heterocycles. The predicted molar refractivity (Wildman–Crippen MR) is 114 cm³/mol. The van der Waals surface area contributed by atoms with E-state index in [0.717, 1.165) is 29.5 Å². The summed E-state index contributed by atoms with van der Waals surface area (Å²) >= 11 is 3.39. The van der Waals surface area contributed by atoms with Gasteiger partial charge in [-0.05, 0) is 58.2 Å². The number of nitriles is 1. The minimum atomic E-state index is -0.588. The standard InChI is InChI=1S/C21H27BrN4O3/c1-21(2,3)29-20(28)26-9-4-5-18(26)19(27)24-16-8-10-25(13-16)17-7-6-15(22)11-14(17)12-23/h6-7,11,16,18H,4-5,8-10,13H2,1-3H3,(H,24,27). The molecule has 29 heavy (non-hydrogen) atoms. The normalized spacial score (nSPS) is 21.8. The summed E-state index contributed by atoms with van der Waals surface area (Å²) in [7, 11) is 0. The van der Waals surface area contributed by atoms with E-state index in [1.54, 1.807) is 6.07 Å². The largest absolute Gasteiger partial charge is 0.444 e. The minimum absolute atomic E-state index is 0.0150. The Bertz CT molecular complexity index is 830. The van der Waals surface area contributed by atoms with Crippen LogP contribution in [0.4, 0.5) is 10.5 Å². The Morgan fingerprint density at radius 1 is 1.28 bits per heavy atom. The number of anilines is 1. The summed E-state index contributed by atoms with van der Waals surface area (Å²) in [4.78, 5) is 28.9. The zero-order chi connectivity index (χ0) is 21.2. The molecule has 2 atom stereocenters. The van der Waals surface area contributed by atoms with Crippen LogP contribution < -0.4 is 10.2 Å². The molecule has 2 fully saturated rings. The van der Waals surface area contributed by atoms with Crippen LogP contribution in [-0.2, 0) is 9.53 Å². The maximum absolute atomic E-state index is 12.9. The Balaban J connectivity index is 1.60. The molecule has 0 bridgehead atoms. The molecule has 2 aliphatic rings. The van der Waals surface area contributed by atoms with E-state index in [4.69, 9.17) is 4.74 Å². The monoisotopic (exact) mass is 462 g/mol. The number of carbonyl (C=O) groups excluding carboxylic acids is 2. The molecular formula is C21H27BrN4O3. The molecule has 2 heterocycles. The van der Waals surface area contributed by atoms with Gasteiger partial charge in [-0.25, -0.2) is 4.79 Å². The smallest absolute Gasteiger partial charge is 0.410 e. The van der Waals surface area contributed by atoms with Crippen molar-refractivity contribution in [1.82, 2.24) is 10.2 Å². The number of halogens is 1. The third-order valence-corrected chi connectivity index (χ3v) is 5.63. The SMILES string of the molecule is CC(C)(C)OC(=O)N1CCCC1C(=O)NC1CCN(c2ccc(Br)cc2C#N)C1. The summed E-state index contributed by atoms with van der Waals surface area (Å²) in [6.45, 7) is 7.40. The Morgan fingerprint density at radius 2 is 2.03 bits per heavy atom. The topological polar surface area (TPSA) is 85.7 Å². The summed E-state index contributed by atoms with van der Waals surface area (Å²) in [6.07, 6.45) is 1.80. The Labute approximate surface area is 180 Å². The van der Waals surface area contributed by atoms with Gasteiger partial charge in [-0.15, -0.1) is 0 Å². The van der Waals surface area contributed by atoms with E-state index in [9.17, 15) is 14.9 Å². The van der Waals surface area contributed by atoms with Crippen molar-refractivity contribution in [2.75, 3.05) is 24.5 Å². The number of benzene rings is 1. The van der Waals surface area contributed by atoms with E-state index in [-0.39, 0.29) is 11.9 Å². The molecule has 2 aliphatic heterocycles. The summed E-state index contributed by atoms with van der Waals surface area (Å²) in [5.74, 6) is -0.128. The maximum atomic E-state index is 12.9. The number of ether oxygens (including phenoxy) is 1. The van der Waals surface area contributed by atoms with Crippen LogP contribution in [0.1, 0.15) is 45.6 Å². The quantitative estimate of drug-likeness (QED) is 0.743. The summed E-state index contributed by atoms with van der Waals surface area (Å²) < 4.78 is 6.31. The molecule has 3 rings (SSSR count). The maximum Gasteiger partial charge on any atom is 0.410 e. The highest BCUT2D eigenvalue weighted by atomic mass is 79.9. The van der Waals surface area contributed by atoms with Gasteiger partial charge in [-0.3, -0.25) is 9.69 Å². The van der Waals surface area contributed by atoms with Crippen molar-refractivity contribution < 1.29 is 14.3 Å². The van der Waals surface area contributed by atoms with E-state index in [1.807, 2.05) is 32.9 Å². The first kappa shape index (κ1) is 21.4. The van der Waals surface area contributed by atoms with Gasteiger partial charge in [-0.1, -0.05) is 15.9 Å². The van der Waals surface area contributed by atoms with Crippen LogP contribution in [0.5, 0.6) is 0 Å². The third kappa shape index (κ3) is 5.21. The van der Waals surface area contributed by atoms with Crippen molar-refractivity contribution in [3.63, 3.8) is 0 Å². The molecule has 156 valence electrons. The fraction of sp³-hybridized carbons (Fsp3) is 0.571. The molecule has 0 aromatic heterocycles. The van der Waals surface area contributed by atoms with Gasteiger partial charge < -0.3 is 15.0 Å². The van der Waals surface area contributed by atoms with Gasteiger partial charge in [0.1, 0.15) is 17.7 Å². The number of amides is 2. The predicted octanol–water partition coefficient (Wildman–Crippen LogP) is 3.42. The zero-order valence-electron chi connectivity index (χ0n) is 17.1. The molecule has 1 N–H and O–H groups in total. The first-order valence-electron chi connectivity index (χ1n) is 9.92. The van der Waals surface area contributed by atoms with E-state index in [1.165, 1.54) is 4.90 Å². The van der Waals surface area contributed by atoms with Gasteiger partial charge in [0.05, 0.1) is 11.3 Å². The lowest BCUT2D eigenvalue weighted by Crippen LogP contribution is -2.50. The van der Waals surface area contributed by atoms with Crippen LogP contribution in [-0.4, -0.2) is 54.2 Å². The Morgan fingerprint density at radius 3 is 2.72 bits per heavy atom. The number of hydrogen-bond acceptors (Lipinski definition) is 5. The second-order valence-corrected chi connectivity index (χ2v) is 9.46.